The van der Waals surface area contributed by atoms with Gasteiger partial charge in [-0.25, -0.2) is 0 Å². The zero-order valence-electron chi connectivity index (χ0n) is 12.9. The van der Waals surface area contributed by atoms with Gasteiger partial charge in [0.25, 0.3) is 0 Å². The zero-order valence-corrected chi connectivity index (χ0v) is 12.9. The zero-order chi connectivity index (χ0) is 17.9. The van der Waals surface area contributed by atoms with Crippen molar-refractivity contribution in [2.24, 2.45) is 0 Å². The van der Waals surface area contributed by atoms with E-state index in [1.165, 1.54) is 30.5 Å². The quantitative estimate of drug-likeness (QED) is 0.688. The van der Waals surface area contributed by atoms with Gasteiger partial charge in [-0.3, -0.25) is 9.78 Å². The summed E-state index contributed by atoms with van der Waals surface area (Å²) in [5.41, 5.74) is 0.854. The molecule has 0 atom stereocenters. The second-order valence-electron chi connectivity index (χ2n) is 5.36. The number of hydrogen-bond donors (Lipinski definition) is 1. The molecule has 2 aromatic carbocycles. The lowest BCUT2D eigenvalue weighted by molar-refractivity contribution is -0.137. The van der Waals surface area contributed by atoms with E-state index in [0.29, 0.717) is 11.3 Å². The summed E-state index contributed by atoms with van der Waals surface area (Å²) in [7, 11) is 0. The Morgan fingerprint density at radius 1 is 1.04 bits per heavy atom. The van der Waals surface area contributed by atoms with E-state index in [2.05, 4.69) is 10.3 Å². The van der Waals surface area contributed by atoms with Crippen LogP contribution in [0.25, 0.3) is 17.0 Å². The molecule has 0 aliphatic carbocycles. The molecule has 1 heterocycles. The third kappa shape index (κ3) is 4.23. The number of pyridine rings is 1. The number of rotatable bonds is 3. The van der Waals surface area contributed by atoms with E-state index in [1.807, 2.05) is 24.3 Å². The number of fused-ring (bicyclic) bond motifs is 1. The molecule has 0 bridgehead atoms. The van der Waals surface area contributed by atoms with Gasteiger partial charge < -0.3 is 5.32 Å². The molecular weight excluding hydrogens is 329 g/mol. The second kappa shape index (κ2) is 6.76. The normalized spacial score (nSPS) is 11.8. The lowest BCUT2D eigenvalue weighted by atomic mass is 10.1. The molecule has 6 heteroatoms. The average Bonchev–Trinajstić information content (AvgIpc) is 2.59. The molecule has 126 valence electrons. The molecule has 3 rings (SSSR count). The number of carbonyl (C=O) groups excluding carboxylic acids is 1. The van der Waals surface area contributed by atoms with Crippen LogP contribution in [0.4, 0.5) is 18.9 Å². The third-order valence-electron chi connectivity index (χ3n) is 3.50. The maximum Gasteiger partial charge on any atom is 0.416 e. The molecule has 0 fully saturated rings. The SMILES string of the molecule is O=C(C=Cc1cccc(C(F)(F)F)c1)Nc1cnc2ccccc2c1. The molecule has 3 nitrogen and oxygen atoms in total. The van der Waals surface area contributed by atoms with Crippen LogP contribution in [-0.2, 0) is 11.0 Å². The number of carbonyl (C=O) groups is 1. The van der Waals surface area contributed by atoms with Crippen molar-refractivity contribution in [3.8, 4) is 0 Å². The van der Waals surface area contributed by atoms with Crippen LogP contribution in [0, 0.1) is 0 Å². The number of aromatic nitrogens is 1. The van der Waals surface area contributed by atoms with Gasteiger partial charge in [0.15, 0.2) is 0 Å². The first-order valence-corrected chi connectivity index (χ1v) is 7.43. The Morgan fingerprint density at radius 2 is 1.84 bits per heavy atom. The maximum atomic E-state index is 12.7. The number of alkyl halides is 3. The standard InChI is InChI=1S/C19H13F3N2O/c20-19(21,22)15-6-3-4-13(10-15)8-9-18(25)24-16-11-14-5-1-2-7-17(14)23-12-16/h1-12H,(H,24,25). The van der Waals surface area contributed by atoms with Crippen molar-refractivity contribution < 1.29 is 18.0 Å². The summed E-state index contributed by atoms with van der Waals surface area (Å²) in [4.78, 5) is 16.2. The van der Waals surface area contributed by atoms with Crippen LogP contribution in [-0.4, -0.2) is 10.9 Å². The summed E-state index contributed by atoms with van der Waals surface area (Å²) in [6, 6.07) is 14.0. The van der Waals surface area contributed by atoms with Gasteiger partial charge in [-0.15, -0.1) is 0 Å². The highest BCUT2D eigenvalue weighted by Gasteiger charge is 2.30. The molecule has 0 saturated heterocycles. The minimum Gasteiger partial charge on any atom is -0.321 e. The van der Waals surface area contributed by atoms with Crippen LogP contribution in [0.15, 0.2) is 66.9 Å². The smallest absolute Gasteiger partial charge is 0.321 e. The van der Waals surface area contributed by atoms with Gasteiger partial charge in [0, 0.05) is 11.5 Å². The number of benzene rings is 2. The van der Waals surface area contributed by atoms with Crippen molar-refractivity contribution in [2.45, 2.75) is 6.18 Å². The Morgan fingerprint density at radius 3 is 2.64 bits per heavy atom. The van der Waals surface area contributed by atoms with Gasteiger partial charge in [-0.05, 0) is 35.9 Å². The fourth-order valence-electron chi connectivity index (χ4n) is 2.31. The summed E-state index contributed by atoms with van der Waals surface area (Å²) < 4.78 is 38.0. The van der Waals surface area contributed by atoms with E-state index in [9.17, 15) is 18.0 Å². The number of nitrogens with one attached hydrogen (secondary N) is 1. The third-order valence-corrected chi connectivity index (χ3v) is 3.50. The summed E-state index contributed by atoms with van der Waals surface area (Å²) in [5, 5.41) is 3.52. The minimum absolute atomic E-state index is 0.293. The summed E-state index contributed by atoms with van der Waals surface area (Å²) >= 11 is 0. The first kappa shape index (κ1) is 16.7. The molecule has 1 N–H and O–H groups in total. The Labute approximate surface area is 141 Å². The lowest BCUT2D eigenvalue weighted by Gasteiger charge is -2.06. The van der Waals surface area contributed by atoms with E-state index in [-0.39, 0.29) is 0 Å². The number of anilines is 1. The highest BCUT2D eigenvalue weighted by Crippen LogP contribution is 2.29. The largest absolute Gasteiger partial charge is 0.416 e. The molecule has 0 aliphatic heterocycles. The first-order valence-electron chi connectivity index (χ1n) is 7.43. The Bertz CT molecular complexity index is 949. The molecular formula is C19H13F3N2O. The summed E-state index contributed by atoms with van der Waals surface area (Å²) in [6.07, 6.45) is -0.370. The second-order valence-corrected chi connectivity index (χ2v) is 5.36. The summed E-state index contributed by atoms with van der Waals surface area (Å²) in [6.45, 7) is 0. The van der Waals surface area contributed by atoms with Gasteiger partial charge in [0.2, 0.25) is 5.91 Å². The van der Waals surface area contributed by atoms with Gasteiger partial charge in [0.1, 0.15) is 0 Å². The number of hydrogen-bond acceptors (Lipinski definition) is 2. The molecule has 0 spiro atoms. The van der Waals surface area contributed by atoms with Crippen molar-refractivity contribution in [2.75, 3.05) is 5.32 Å². The van der Waals surface area contributed by atoms with Crippen molar-refractivity contribution >= 4 is 28.6 Å². The van der Waals surface area contributed by atoms with E-state index in [1.54, 1.807) is 6.07 Å². The predicted octanol–water partition coefficient (Wildman–Crippen LogP) is 4.91. The molecule has 25 heavy (non-hydrogen) atoms. The van der Waals surface area contributed by atoms with Crippen LogP contribution in [0.1, 0.15) is 11.1 Å². The fourth-order valence-corrected chi connectivity index (χ4v) is 2.31. The molecule has 0 saturated carbocycles. The topological polar surface area (TPSA) is 42.0 Å². The molecule has 1 amide bonds. The number of nitrogens with zero attached hydrogens (tertiary/aromatic N) is 1. The monoisotopic (exact) mass is 342 g/mol. The Kier molecular flexibility index (Phi) is 4.52. The molecule has 0 aliphatic rings. The van der Waals surface area contributed by atoms with Gasteiger partial charge in [-0.2, -0.15) is 13.2 Å². The van der Waals surface area contributed by atoms with Gasteiger partial charge >= 0.3 is 6.18 Å². The summed E-state index contributed by atoms with van der Waals surface area (Å²) in [5.74, 6) is -0.450. The highest BCUT2D eigenvalue weighted by atomic mass is 19.4. The van der Waals surface area contributed by atoms with E-state index in [0.717, 1.165) is 23.0 Å². The van der Waals surface area contributed by atoms with Crippen LogP contribution < -0.4 is 5.32 Å². The van der Waals surface area contributed by atoms with Crippen LogP contribution >= 0.6 is 0 Å². The van der Waals surface area contributed by atoms with Crippen LogP contribution in [0.3, 0.4) is 0 Å². The van der Waals surface area contributed by atoms with Gasteiger partial charge in [-0.1, -0.05) is 30.3 Å². The van der Waals surface area contributed by atoms with E-state index < -0.39 is 17.6 Å². The van der Waals surface area contributed by atoms with E-state index in [4.69, 9.17) is 0 Å². The first-order chi connectivity index (χ1) is 11.9. The average molecular weight is 342 g/mol. The van der Waals surface area contributed by atoms with Crippen molar-refractivity contribution in [3.05, 3.63) is 78.0 Å². The fraction of sp³-hybridized carbons (Fsp3) is 0.0526. The molecule has 3 aromatic rings. The maximum absolute atomic E-state index is 12.7. The number of amides is 1. The number of para-hydroxylation sites is 1. The molecule has 1 aromatic heterocycles. The Hall–Kier alpha value is -3.15. The van der Waals surface area contributed by atoms with Crippen molar-refractivity contribution in [1.82, 2.24) is 4.98 Å². The molecule has 0 unspecified atom stereocenters. The highest BCUT2D eigenvalue weighted by molar-refractivity contribution is 6.02. The predicted molar refractivity (Wildman–Crippen MR) is 90.9 cm³/mol. The Balaban J connectivity index is 1.72. The molecule has 0 radical (unpaired) electrons. The van der Waals surface area contributed by atoms with Crippen LogP contribution in [0.2, 0.25) is 0 Å². The van der Waals surface area contributed by atoms with Crippen molar-refractivity contribution in [1.29, 1.82) is 0 Å². The van der Waals surface area contributed by atoms with Gasteiger partial charge in [0.05, 0.1) is 23.0 Å². The van der Waals surface area contributed by atoms with Crippen LogP contribution in [0.5, 0.6) is 0 Å². The van der Waals surface area contributed by atoms with E-state index >= 15 is 0 Å². The lowest BCUT2D eigenvalue weighted by Crippen LogP contribution is -2.08. The number of halogens is 3. The van der Waals surface area contributed by atoms with Crippen molar-refractivity contribution in [3.63, 3.8) is 0 Å². The minimum atomic E-state index is -4.41.